The SMILES string of the molecule is NCc1ccc(C(=O)NN2CCC(=O)N3CCCC(C(=O)NC(C=O)CC(=O)O)N3C2=O)cc1. The maximum absolute atomic E-state index is 13.3. The van der Waals surface area contributed by atoms with Crippen LogP contribution < -0.4 is 16.5 Å². The number of carboxylic acids is 1. The zero-order chi connectivity index (χ0) is 24.8. The number of rotatable bonds is 8. The van der Waals surface area contributed by atoms with Crippen molar-refractivity contribution >= 4 is 36.0 Å². The van der Waals surface area contributed by atoms with Crippen molar-refractivity contribution in [2.75, 3.05) is 13.1 Å². The highest BCUT2D eigenvalue weighted by Crippen LogP contribution is 2.24. The van der Waals surface area contributed by atoms with E-state index < -0.39 is 48.2 Å². The lowest BCUT2D eigenvalue weighted by molar-refractivity contribution is -0.155. The summed E-state index contributed by atoms with van der Waals surface area (Å²) in [5.74, 6) is -3.04. The van der Waals surface area contributed by atoms with Crippen LogP contribution in [0.25, 0.3) is 0 Å². The Hall–Kier alpha value is -4.00. The summed E-state index contributed by atoms with van der Waals surface area (Å²) in [5.41, 5.74) is 9.13. The summed E-state index contributed by atoms with van der Waals surface area (Å²) in [6.45, 7) is 0.394. The largest absolute Gasteiger partial charge is 0.481 e. The number of aliphatic carboxylic acids is 1. The lowest BCUT2D eigenvalue weighted by atomic mass is 10.1. The van der Waals surface area contributed by atoms with Crippen LogP contribution in [0.3, 0.4) is 0 Å². The van der Waals surface area contributed by atoms with Gasteiger partial charge in [-0.2, -0.15) is 0 Å². The maximum atomic E-state index is 13.3. The second kappa shape index (κ2) is 10.7. The Labute approximate surface area is 194 Å². The van der Waals surface area contributed by atoms with E-state index in [0.717, 1.165) is 20.6 Å². The Morgan fingerprint density at radius 1 is 1.18 bits per heavy atom. The molecule has 2 atom stereocenters. The molecule has 2 heterocycles. The van der Waals surface area contributed by atoms with E-state index in [-0.39, 0.29) is 31.5 Å². The molecule has 1 aromatic rings. The van der Waals surface area contributed by atoms with Gasteiger partial charge in [0.05, 0.1) is 19.0 Å². The number of urea groups is 1. The summed E-state index contributed by atoms with van der Waals surface area (Å²) < 4.78 is 0. The fraction of sp³-hybridized carbons (Fsp3) is 0.429. The van der Waals surface area contributed by atoms with Crippen molar-refractivity contribution < 1.29 is 33.9 Å². The number of nitrogens with zero attached hydrogens (tertiary/aromatic N) is 3. The van der Waals surface area contributed by atoms with Gasteiger partial charge in [-0.3, -0.25) is 24.6 Å². The Morgan fingerprint density at radius 3 is 2.50 bits per heavy atom. The van der Waals surface area contributed by atoms with E-state index in [0.29, 0.717) is 19.3 Å². The lowest BCUT2D eigenvalue weighted by Crippen LogP contribution is -2.64. The number of hydrogen-bond acceptors (Lipinski definition) is 7. The number of aldehydes is 1. The number of benzene rings is 1. The predicted molar refractivity (Wildman–Crippen MR) is 115 cm³/mol. The maximum Gasteiger partial charge on any atom is 0.358 e. The molecule has 34 heavy (non-hydrogen) atoms. The topological polar surface area (TPSA) is 182 Å². The first-order chi connectivity index (χ1) is 16.2. The van der Waals surface area contributed by atoms with Crippen LogP contribution in [-0.2, 0) is 25.7 Å². The Kier molecular flexibility index (Phi) is 7.79. The van der Waals surface area contributed by atoms with Crippen LogP contribution in [0.15, 0.2) is 24.3 Å². The summed E-state index contributed by atoms with van der Waals surface area (Å²) in [4.78, 5) is 73.6. The van der Waals surface area contributed by atoms with Crippen molar-refractivity contribution in [1.82, 2.24) is 25.8 Å². The minimum Gasteiger partial charge on any atom is -0.481 e. The van der Waals surface area contributed by atoms with Gasteiger partial charge in [-0.1, -0.05) is 12.1 Å². The number of carboxylic acid groups (broad SMARTS) is 1. The Morgan fingerprint density at radius 2 is 1.88 bits per heavy atom. The van der Waals surface area contributed by atoms with Gasteiger partial charge in [-0.05, 0) is 30.5 Å². The van der Waals surface area contributed by atoms with E-state index in [1.54, 1.807) is 24.3 Å². The monoisotopic (exact) mass is 474 g/mol. The summed E-state index contributed by atoms with van der Waals surface area (Å²) in [5, 5.41) is 14.3. The summed E-state index contributed by atoms with van der Waals surface area (Å²) in [7, 11) is 0. The highest BCUT2D eigenvalue weighted by Gasteiger charge is 2.44. The molecule has 13 heteroatoms. The third-order valence-electron chi connectivity index (χ3n) is 5.54. The van der Waals surface area contributed by atoms with Crippen LogP contribution in [0.4, 0.5) is 4.79 Å². The van der Waals surface area contributed by atoms with Gasteiger partial charge < -0.3 is 21.0 Å². The third-order valence-corrected chi connectivity index (χ3v) is 5.54. The second-order valence-corrected chi connectivity index (χ2v) is 7.89. The molecule has 0 saturated carbocycles. The number of hydrazine groups is 2. The number of nitrogens with two attached hydrogens (primary N) is 1. The lowest BCUT2D eigenvalue weighted by Gasteiger charge is -2.42. The van der Waals surface area contributed by atoms with Crippen molar-refractivity contribution in [3.63, 3.8) is 0 Å². The van der Waals surface area contributed by atoms with E-state index in [9.17, 15) is 28.8 Å². The molecule has 1 aromatic carbocycles. The minimum absolute atomic E-state index is 0.0844. The van der Waals surface area contributed by atoms with Gasteiger partial charge in [-0.15, -0.1) is 0 Å². The number of carbonyl (C=O) groups is 6. The molecule has 0 radical (unpaired) electrons. The van der Waals surface area contributed by atoms with Crippen molar-refractivity contribution in [1.29, 1.82) is 0 Å². The van der Waals surface area contributed by atoms with Crippen molar-refractivity contribution in [2.45, 2.75) is 44.3 Å². The first-order valence-corrected chi connectivity index (χ1v) is 10.7. The highest BCUT2D eigenvalue weighted by molar-refractivity contribution is 5.97. The normalized spacial score (nSPS) is 19.1. The molecule has 2 aliphatic rings. The molecule has 2 saturated heterocycles. The summed E-state index contributed by atoms with van der Waals surface area (Å²) in [6.07, 6.45) is 0.188. The fourth-order valence-electron chi connectivity index (χ4n) is 3.80. The molecular formula is C21H26N6O7. The predicted octanol–water partition coefficient (Wildman–Crippen LogP) is -1.02. The van der Waals surface area contributed by atoms with Gasteiger partial charge >= 0.3 is 12.0 Å². The van der Waals surface area contributed by atoms with Gasteiger partial charge in [0.1, 0.15) is 12.3 Å². The number of fused-ring (bicyclic) bond motifs is 1. The second-order valence-electron chi connectivity index (χ2n) is 7.89. The average Bonchev–Trinajstić information content (AvgIpc) is 2.95. The molecule has 0 aromatic heterocycles. The average molecular weight is 474 g/mol. The fourth-order valence-corrected chi connectivity index (χ4v) is 3.80. The van der Waals surface area contributed by atoms with Crippen molar-refractivity contribution in [2.24, 2.45) is 5.73 Å². The Balaban J connectivity index is 1.79. The van der Waals surface area contributed by atoms with E-state index in [1.807, 2.05) is 0 Å². The molecule has 13 nitrogen and oxygen atoms in total. The zero-order valence-electron chi connectivity index (χ0n) is 18.3. The molecule has 2 unspecified atom stereocenters. The summed E-state index contributed by atoms with van der Waals surface area (Å²) >= 11 is 0. The van der Waals surface area contributed by atoms with Gasteiger partial charge in [0, 0.05) is 25.1 Å². The van der Waals surface area contributed by atoms with Crippen molar-refractivity contribution in [3.8, 4) is 0 Å². The zero-order valence-corrected chi connectivity index (χ0v) is 18.3. The first kappa shape index (κ1) is 24.6. The molecule has 5 N–H and O–H groups in total. The van der Waals surface area contributed by atoms with E-state index in [2.05, 4.69) is 10.7 Å². The van der Waals surface area contributed by atoms with E-state index in [1.165, 1.54) is 0 Å². The van der Waals surface area contributed by atoms with Crippen LogP contribution in [0.1, 0.15) is 41.6 Å². The molecule has 5 amide bonds. The standard InChI is InChI=1S/C21H26N6O7/c22-11-13-3-5-14(6-4-13)19(32)24-25-9-7-17(29)26-8-1-2-16(27(26)21(25)34)20(33)23-15(12-28)10-18(30)31/h3-6,12,15-16H,1-2,7-11,22H2,(H,23,33)(H,24,32)(H,30,31). The van der Waals surface area contributed by atoms with Crippen LogP contribution in [0, 0.1) is 0 Å². The smallest absolute Gasteiger partial charge is 0.358 e. The number of carbonyl (C=O) groups excluding carboxylic acids is 5. The van der Waals surface area contributed by atoms with Gasteiger partial charge in [0.2, 0.25) is 11.8 Å². The highest BCUT2D eigenvalue weighted by atomic mass is 16.4. The molecule has 182 valence electrons. The van der Waals surface area contributed by atoms with Gasteiger partial charge in [0.15, 0.2) is 0 Å². The van der Waals surface area contributed by atoms with Gasteiger partial charge in [0.25, 0.3) is 5.91 Å². The third kappa shape index (κ3) is 5.49. The molecule has 3 rings (SSSR count). The number of amides is 5. The number of nitrogens with one attached hydrogen (secondary N) is 2. The molecule has 2 aliphatic heterocycles. The molecular weight excluding hydrogens is 448 g/mol. The Bertz CT molecular complexity index is 982. The first-order valence-electron chi connectivity index (χ1n) is 10.7. The summed E-state index contributed by atoms with van der Waals surface area (Å²) in [6, 6.07) is 3.21. The molecule has 0 aliphatic carbocycles. The van der Waals surface area contributed by atoms with E-state index >= 15 is 0 Å². The van der Waals surface area contributed by atoms with E-state index in [4.69, 9.17) is 10.8 Å². The van der Waals surface area contributed by atoms with Crippen LogP contribution in [0.5, 0.6) is 0 Å². The van der Waals surface area contributed by atoms with Crippen LogP contribution in [-0.4, -0.2) is 81.3 Å². The van der Waals surface area contributed by atoms with Crippen LogP contribution in [0.2, 0.25) is 0 Å². The minimum atomic E-state index is -1.29. The molecule has 0 spiro atoms. The number of hydrogen-bond donors (Lipinski definition) is 4. The van der Waals surface area contributed by atoms with Gasteiger partial charge in [-0.25, -0.2) is 19.8 Å². The molecule has 2 fully saturated rings. The van der Waals surface area contributed by atoms with Crippen LogP contribution >= 0.6 is 0 Å². The quantitative estimate of drug-likeness (QED) is 0.345. The molecule has 0 bridgehead atoms. The van der Waals surface area contributed by atoms with Crippen molar-refractivity contribution in [3.05, 3.63) is 35.4 Å².